The van der Waals surface area contributed by atoms with Gasteiger partial charge in [-0.15, -0.1) is 0 Å². The maximum absolute atomic E-state index is 12.7. The average Bonchev–Trinajstić information content (AvgIpc) is 2.68. The summed E-state index contributed by atoms with van der Waals surface area (Å²) in [5, 5.41) is 9.46. The van der Waals surface area contributed by atoms with Crippen molar-refractivity contribution >= 4 is 18.2 Å². The Morgan fingerprint density at radius 1 is 0.889 bits per heavy atom. The van der Waals surface area contributed by atoms with Crippen molar-refractivity contribution in [3.8, 4) is 0 Å². The first-order chi connectivity index (χ1) is 16.4. The Morgan fingerprint density at radius 3 is 2.00 bits per heavy atom. The van der Waals surface area contributed by atoms with E-state index in [1.54, 1.807) is 55.4 Å². The van der Waals surface area contributed by atoms with Crippen LogP contribution in [0, 0.1) is 0 Å². The molecule has 1 unspecified atom stereocenters. The van der Waals surface area contributed by atoms with E-state index in [2.05, 4.69) is 0 Å². The Hall–Kier alpha value is -1.59. The third kappa shape index (κ3) is 10.4. The number of aldehydes is 1. The van der Waals surface area contributed by atoms with Crippen molar-refractivity contribution in [3.63, 3.8) is 0 Å². The molecule has 36 heavy (non-hydrogen) atoms. The number of aliphatic hydroxyl groups excluding tert-OH is 1. The van der Waals surface area contributed by atoms with E-state index in [1.165, 1.54) is 0 Å². The van der Waals surface area contributed by atoms with Crippen LogP contribution in [-0.2, 0) is 42.8 Å². The molecule has 5 atom stereocenters. The summed E-state index contributed by atoms with van der Waals surface area (Å²) in [7, 11) is 0. The number of hydrogen-bond acceptors (Lipinski definition) is 10. The SMILES string of the molecule is CC(C)(C)OC(=O)C[C@H]1C[C@@H](C=O)OC(C)(CCC(C)(C)OC(=O)C[C@H]2C[C@@H](CO)OC(C)(C)O2)O1. The van der Waals surface area contributed by atoms with Crippen LogP contribution in [0.1, 0.15) is 93.9 Å². The van der Waals surface area contributed by atoms with Gasteiger partial charge in [0.05, 0.1) is 37.8 Å². The molecule has 2 saturated heterocycles. The molecule has 0 bridgehead atoms. The summed E-state index contributed by atoms with van der Waals surface area (Å²) in [6, 6.07) is 0. The number of aliphatic hydroxyl groups is 1. The van der Waals surface area contributed by atoms with E-state index < -0.39 is 59.1 Å². The molecule has 0 aromatic heterocycles. The van der Waals surface area contributed by atoms with Gasteiger partial charge in [0.2, 0.25) is 0 Å². The summed E-state index contributed by atoms with van der Waals surface area (Å²) in [4.78, 5) is 36.5. The molecule has 208 valence electrons. The molecule has 0 amide bonds. The zero-order valence-electron chi connectivity index (χ0n) is 23.0. The molecule has 2 heterocycles. The smallest absolute Gasteiger partial charge is 0.308 e. The fraction of sp³-hybridized carbons (Fsp3) is 0.885. The Labute approximate surface area is 214 Å². The van der Waals surface area contributed by atoms with Crippen molar-refractivity contribution in [1.82, 2.24) is 0 Å². The maximum atomic E-state index is 12.7. The van der Waals surface area contributed by atoms with Gasteiger partial charge >= 0.3 is 11.9 Å². The summed E-state index contributed by atoms with van der Waals surface area (Å²) in [6.07, 6.45) is 0.0331. The lowest BCUT2D eigenvalue weighted by atomic mass is 9.96. The molecular formula is C26H44O10. The molecule has 2 aliphatic heterocycles. The normalized spacial score (nSPS) is 30.9. The largest absolute Gasteiger partial charge is 0.460 e. The predicted octanol–water partition coefficient (Wildman–Crippen LogP) is 3.20. The van der Waals surface area contributed by atoms with Crippen molar-refractivity contribution in [2.45, 2.75) is 141 Å². The zero-order valence-corrected chi connectivity index (χ0v) is 23.0. The highest BCUT2D eigenvalue weighted by Gasteiger charge is 2.42. The Balaban J connectivity index is 1.92. The minimum absolute atomic E-state index is 0.00915. The van der Waals surface area contributed by atoms with Gasteiger partial charge in [0, 0.05) is 19.3 Å². The summed E-state index contributed by atoms with van der Waals surface area (Å²) in [5.41, 5.74) is -1.47. The minimum Gasteiger partial charge on any atom is -0.460 e. The second-order valence-corrected chi connectivity index (χ2v) is 11.9. The summed E-state index contributed by atoms with van der Waals surface area (Å²) < 4.78 is 34.5. The van der Waals surface area contributed by atoms with Crippen molar-refractivity contribution in [2.24, 2.45) is 0 Å². The third-order valence-electron chi connectivity index (χ3n) is 5.87. The Bertz CT molecular complexity index is 771. The third-order valence-corrected chi connectivity index (χ3v) is 5.87. The van der Waals surface area contributed by atoms with Crippen LogP contribution < -0.4 is 0 Å². The second-order valence-electron chi connectivity index (χ2n) is 11.9. The standard InChI is InChI=1S/C26H44O10/c1-23(2,3)35-21(29)14-18-12-20(16-28)34-26(8,33-18)10-9-24(4,5)36-22(30)13-17-11-19(15-27)32-25(6,7)31-17/h16-20,27H,9-15H2,1-8H3/t17-,18-,19+,20+,26?/m1/s1. The lowest BCUT2D eigenvalue weighted by molar-refractivity contribution is -0.307. The van der Waals surface area contributed by atoms with Crippen LogP contribution >= 0.6 is 0 Å². The Morgan fingerprint density at radius 2 is 1.44 bits per heavy atom. The number of carbonyl (C=O) groups is 3. The van der Waals surface area contributed by atoms with Crippen LogP contribution in [0.4, 0.5) is 0 Å². The average molecular weight is 517 g/mol. The van der Waals surface area contributed by atoms with Gasteiger partial charge in [0.25, 0.3) is 0 Å². The first-order valence-corrected chi connectivity index (χ1v) is 12.6. The van der Waals surface area contributed by atoms with Crippen LogP contribution in [-0.4, -0.2) is 77.1 Å². The molecule has 10 nitrogen and oxygen atoms in total. The zero-order chi connectivity index (χ0) is 27.4. The number of rotatable bonds is 10. The highest BCUT2D eigenvalue weighted by atomic mass is 16.7. The Kier molecular flexibility index (Phi) is 10.1. The van der Waals surface area contributed by atoms with Gasteiger partial charge in [-0.25, -0.2) is 0 Å². The van der Waals surface area contributed by atoms with E-state index in [4.69, 9.17) is 28.4 Å². The lowest BCUT2D eigenvalue weighted by Gasteiger charge is -2.42. The fourth-order valence-electron chi connectivity index (χ4n) is 4.52. The predicted molar refractivity (Wildman–Crippen MR) is 129 cm³/mol. The molecule has 2 rings (SSSR count). The molecule has 2 aliphatic rings. The van der Waals surface area contributed by atoms with E-state index in [0.717, 1.165) is 0 Å². The molecule has 0 radical (unpaired) electrons. The molecular weight excluding hydrogens is 472 g/mol. The number of carbonyl (C=O) groups excluding carboxylic acids is 3. The van der Waals surface area contributed by atoms with E-state index in [0.29, 0.717) is 25.5 Å². The van der Waals surface area contributed by atoms with Crippen molar-refractivity contribution in [3.05, 3.63) is 0 Å². The van der Waals surface area contributed by atoms with E-state index >= 15 is 0 Å². The summed E-state index contributed by atoms with van der Waals surface area (Å²) >= 11 is 0. The van der Waals surface area contributed by atoms with Gasteiger partial charge in [-0.1, -0.05) is 0 Å². The number of hydrogen-bond donors (Lipinski definition) is 1. The minimum atomic E-state index is -1.14. The molecule has 1 N–H and O–H groups in total. The van der Waals surface area contributed by atoms with E-state index in [-0.39, 0.29) is 25.9 Å². The monoisotopic (exact) mass is 516 g/mol. The molecule has 0 aromatic carbocycles. The van der Waals surface area contributed by atoms with Crippen LogP contribution in [0.15, 0.2) is 0 Å². The molecule has 0 aromatic rings. The first kappa shape index (κ1) is 30.6. The fourth-order valence-corrected chi connectivity index (χ4v) is 4.52. The van der Waals surface area contributed by atoms with Gasteiger partial charge in [-0.2, -0.15) is 0 Å². The lowest BCUT2D eigenvalue weighted by Crippen LogP contribution is -2.49. The number of esters is 2. The summed E-state index contributed by atoms with van der Waals surface area (Å²) in [5.74, 6) is -2.87. The quantitative estimate of drug-likeness (QED) is 0.342. The van der Waals surface area contributed by atoms with Gasteiger partial charge < -0.3 is 38.3 Å². The molecule has 10 heteroatoms. The van der Waals surface area contributed by atoms with Gasteiger partial charge in [0.15, 0.2) is 11.6 Å². The second kappa shape index (κ2) is 11.9. The van der Waals surface area contributed by atoms with Crippen molar-refractivity contribution < 1.29 is 47.9 Å². The molecule has 0 saturated carbocycles. The van der Waals surface area contributed by atoms with E-state index in [1.807, 2.05) is 0 Å². The highest BCUT2D eigenvalue weighted by molar-refractivity contribution is 5.71. The van der Waals surface area contributed by atoms with Crippen LogP contribution in [0.5, 0.6) is 0 Å². The molecule has 0 spiro atoms. The molecule has 2 fully saturated rings. The highest BCUT2D eigenvalue weighted by Crippen LogP contribution is 2.35. The summed E-state index contributed by atoms with van der Waals surface area (Å²) in [6.45, 7) is 14.0. The van der Waals surface area contributed by atoms with Crippen LogP contribution in [0.25, 0.3) is 0 Å². The maximum Gasteiger partial charge on any atom is 0.308 e. The topological polar surface area (TPSA) is 127 Å². The van der Waals surface area contributed by atoms with Gasteiger partial charge in [-0.05, 0) is 61.8 Å². The molecule has 0 aliphatic carbocycles. The van der Waals surface area contributed by atoms with Crippen LogP contribution in [0.2, 0.25) is 0 Å². The van der Waals surface area contributed by atoms with E-state index in [9.17, 15) is 19.5 Å². The van der Waals surface area contributed by atoms with Gasteiger partial charge in [-0.3, -0.25) is 9.59 Å². The van der Waals surface area contributed by atoms with Crippen LogP contribution in [0.3, 0.4) is 0 Å². The number of ether oxygens (including phenoxy) is 6. The van der Waals surface area contributed by atoms with Gasteiger partial charge in [0.1, 0.15) is 23.6 Å². The first-order valence-electron chi connectivity index (χ1n) is 12.6. The van der Waals surface area contributed by atoms with Crippen molar-refractivity contribution in [1.29, 1.82) is 0 Å². The van der Waals surface area contributed by atoms with Crippen molar-refractivity contribution in [2.75, 3.05) is 6.61 Å².